The van der Waals surface area contributed by atoms with Gasteiger partial charge in [0.1, 0.15) is 0 Å². The van der Waals surface area contributed by atoms with Crippen molar-refractivity contribution in [1.82, 2.24) is 5.32 Å². The van der Waals surface area contributed by atoms with Gasteiger partial charge in [-0.3, -0.25) is 4.99 Å². The van der Waals surface area contributed by atoms with Crippen LogP contribution in [0.15, 0.2) is 4.99 Å². The molecule has 1 aliphatic heterocycles. The summed E-state index contributed by atoms with van der Waals surface area (Å²) in [5, 5.41) is 5.08. The van der Waals surface area contributed by atoms with Crippen molar-refractivity contribution in [1.29, 1.82) is 0 Å². The summed E-state index contributed by atoms with van der Waals surface area (Å²) in [6, 6.07) is 0.576. The van der Waals surface area contributed by atoms with Crippen LogP contribution in [0, 0.1) is 17.8 Å². The molecule has 114 valence electrons. The molecule has 0 aromatic carbocycles. The lowest BCUT2D eigenvalue weighted by atomic mass is 9.77. The molecular formula is C17H30N2S. The lowest BCUT2D eigenvalue weighted by Gasteiger charge is -2.36. The summed E-state index contributed by atoms with van der Waals surface area (Å²) < 4.78 is 0. The zero-order chi connectivity index (χ0) is 14.2. The molecule has 0 radical (unpaired) electrons. The number of hydrogen-bond donors (Lipinski definition) is 1. The normalized spacial score (nSPS) is 47.6. The van der Waals surface area contributed by atoms with Crippen LogP contribution in [-0.4, -0.2) is 22.5 Å². The van der Waals surface area contributed by atoms with Gasteiger partial charge in [-0.25, -0.2) is 0 Å². The Balaban J connectivity index is 1.60. The van der Waals surface area contributed by atoms with E-state index in [1.54, 1.807) is 0 Å². The first kappa shape index (κ1) is 14.7. The van der Waals surface area contributed by atoms with Crippen molar-refractivity contribution in [2.45, 2.75) is 77.3 Å². The first-order valence-electron chi connectivity index (χ1n) is 8.55. The second kappa shape index (κ2) is 5.90. The molecule has 0 aromatic rings. The van der Waals surface area contributed by atoms with Crippen LogP contribution in [0.1, 0.15) is 65.7 Å². The van der Waals surface area contributed by atoms with E-state index in [0.717, 1.165) is 17.8 Å². The number of nitrogens with zero attached hydrogens (tertiary/aromatic N) is 1. The van der Waals surface area contributed by atoms with Crippen molar-refractivity contribution in [3.63, 3.8) is 0 Å². The van der Waals surface area contributed by atoms with Crippen molar-refractivity contribution >= 4 is 16.9 Å². The predicted molar refractivity (Wildman–Crippen MR) is 89.4 cm³/mol. The molecule has 1 heterocycles. The average molecular weight is 295 g/mol. The third kappa shape index (κ3) is 3.18. The van der Waals surface area contributed by atoms with Crippen LogP contribution < -0.4 is 5.32 Å². The third-order valence-electron chi connectivity index (χ3n) is 5.82. The fraction of sp³-hybridized carbons (Fsp3) is 0.941. The van der Waals surface area contributed by atoms with E-state index >= 15 is 0 Å². The second-order valence-corrected chi connectivity index (χ2v) is 8.72. The van der Waals surface area contributed by atoms with Gasteiger partial charge in [-0.05, 0) is 49.9 Å². The van der Waals surface area contributed by atoms with E-state index in [9.17, 15) is 0 Å². The van der Waals surface area contributed by atoms with Crippen molar-refractivity contribution in [3.05, 3.63) is 0 Å². The summed E-state index contributed by atoms with van der Waals surface area (Å²) in [7, 11) is 0. The minimum absolute atomic E-state index is 0.384. The van der Waals surface area contributed by atoms with E-state index in [1.807, 2.05) is 11.8 Å². The fourth-order valence-corrected chi connectivity index (χ4v) is 5.54. The maximum atomic E-state index is 5.06. The Hall–Kier alpha value is -0.180. The number of aliphatic imine (C=N–C) groups is 1. The molecule has 0 amide bonds. The van der Waals surface area contributed by atoms with Crippen molar-refractivity contribution in [2.75, 3.05) is 5.75 Å². The van der Waals surface area contributed by atoms with E-state index in [-0.39, 0.29) is 0 Å². The van der Waals surface area contributed by atoms with Crippen molar-refractivity contribution in [3.8, 4) is 0 Å². The predicted octanol–water partition coefficient (Wildman–Crippen LogP) is 4.45. The summed E-state index contributed by atoms with van der Waals surface area (Å²) in [6.07, 6.45) is 9.43. The van der Waals surface area contributed by atoms with Crippen LogP contribution >= 0.6 is 11.8 Å². The topological polar surface area (TPSA) is 24.4 Å². The Morgan fingerprint density at radius 3 is 2.75 bits per heavy atom. The van der Waals surface area contributed by atoms with Crippen molar-refractivity contribution < 1.29 is 0 Å². The number of rotatable bonds is 1. The van der Waals surface area contributed by atoms with Gasteiger partial charge in [0.25, 0.3) is 0 Å². The van der Waals surface area contributed by atoms with E-state index < -0.39 is 0 Å². The smallest absolute Gasteiger partial charge is 0.157 e. The van der Waals surface area contributed by atoms with Gasteiger partial charge in [0.2, 0.25) is 0 Å². The van der Waals surface area contributed by atoms with Crippen molar-refractivity contribution in [2.24, 2.45) is 22.7 Å². The molecule has 3 aliphatic rings. The maximum Gasteiger partial charge on any atom is 0.157 e. The highest BCUT2D eigenvalue weighted by molar-refractivity contribution is 8.14. The van der Waals surface area contributed by atoms with Gasteiger partial charge in [0, 0.05) is 11.3 Å². The summed E-state index contributed by atoms with van der Waals surface area (Å²) in [5.41, 5.74) is 0.384. The quantitative estimate of drug-likeness (QED) is 0.772. The maximum absolute atomic E-state index is 5.06. The SMILES string of the molecule is CC1CCCC2(CSC(=NC3CCC(C)C(C)C3)N2)C1. The highest BCUT2D eigenvalue weighted by Crippen LogP contribution is 2.39. The van der Waals surface area contributed by atoms with Crippen LogP contribution in [-0.2, 0) is 0 Å². The van der Waals surface area contributed by atoms with Gasteiger partial charge in [-0.1, -0.05) is 45.4 Å². The van der Waals surface area contributed by atoms with Crippen LogP contribution in [0.4, 0.5) is 0 Å². The molecule has 2 nitrogen and oxygen atoms in total. The molecule has 1 N–H and O–H groups in total. The Morgan fingerprint density at radius 1 is 1.15 bits per heavy atom. The van der Waals surface area contributed by atoms with Gasteiger partial charge < -0.3 is 5.32 Å². The molecule has 0 bridgehead atoms. The molecule has 5 atom stereocenters. The van der Waals surface area contributed by atoms with Gasteiger partial charge in [-0.15, -0.1) is 0 Å². The Morgan fingerprint density at radius 2 is 2.00 bits per heavy atom. The Bertz CT molecular complexity index is 381. The summed E-state index contributed by atoms with van der Waals surface area (Å²) in [4.78, 5) is 5.06. The molecule has 3 heteroatoms. The van der Waals surface area contributed by atoms with E-state index in [2.05, 4.69) is 26.1 Å². The molecule has 0 aromatic heterocycles. The van der Waals surface area contributed by atoms with Gasteiger partial charge in [-0.2, -0.15) is 0 Å². The van der Waals surface area contributed by atoms with E-state index in [4.69, 9.17) is 4.99 Å². The van der Waals surface area contributed by atoms with Gasteiger partial charge in [0.05, 0.1) is 6.04 Å². The molecule has 3 rings (SSSR count). The standard InChI is InChI=1S/C17H30N2S/c1-12-5-4-8-17(10-12)11-20-16(19-17)18-15-7-6-13(2)14(3)9-15/h12-15H,4-11H2,1-3H3,(H,18,19). The molecule has 2 saturated carbocycles. The molecular weight excluding hydrogens is 264 g/mol. The number of nitrogens with one attached hydrogen (secondary N) is 1. The third-order valence-corrected chi connectivity index (χ3v) is 7.00. The largest absolute Gasteiger partial charge is 0.359 e. The summed E-state index contributed by atoms with van der Waals surface area (Å²) in [6.45, 7) is 7.21. The molecule has 1 spiro atoms. The van der Waals surface area contributed by atoms with E-state index in [1.165, 1.54) is 55.9 Å². The van der Waals surface area contributed by atoms with Gasteiger partial charge >= 0.3 is 0 Å². The molecule has 5 unspecified atom stereocenters. The van der Waals surface area contributed by atoms with Crippen LogP contribution in [0.5, 0.6) is 0 Å². The highest BCUT2D eigenvalue weighted by Gasteiger charge is 2.40. The summed E-state index contributed by atoms with van der Waals surface area (Å²) in [5.74, 6) is 3.86. The molecule has 20 heavy (non-hydrogen) atoms. The van der Waals surface area contributed by atoms with Gasteiger partial charge in [0.15, 0.2) is 5.17 Å². The molecule has 3 fully saturated rings. The first-order valence-corrected chi connectivity index (χ1v) is 9.54. The van der Waals surface area contributed by atoms with Crippen LogP contribution in [0.25, 0.3) is 0 Å². The van der Waals surface area contributed by atoms with Crippen LogP contribution in [0.2, 0.25) is 0 Å². The Kier molecular flexibility index (Phi) is 4.35. The fourth-order valence-electron chi connectivity index (χ4n) is 4.28. The summed E-state index contributed by atoms with van der Waals surface area (Å²) >= 11 is 1.98. The first-order chi connectivity index (χ1) is 9.56. The molecule has 1 saturated heterocycles. The average Bonchev–Trinajstić information content (AvgIpc) is 2.76. The monoisotopic (exact) mass is 294 g/mol. The highest BCUT2D eigenvalue weighted by atomic mass is 32.2. The number of thioether (sulfide) groups is 1. The minimum atomic E-state index is 0.384. The zero-order valence-electron chi connectivity index (χ0n) is 13.3. The second-order valence-electron chi connectivity index (χ2n) is 7.75. The van der Waals surface area contributed by atoms with Crippen LogP contribution in [0.3, 0.4) is 0 Å². The number of hydrogen-bond acceptors (Lipinski definition) is 2. The van der Waals surface area contributed by atoms with E-state index in [0.29, 0.717) is 11.6 Å². The zero-order valence-corrected chi connectivity index (χ0v) is 14.1. The Labute approximate surface area is 128 Å². The lowest BCUT2D eigenvalue weighted by Crippen LogP contribution is -2.47. The lowest BCUT2D eigenvalue weighted by molar-refractivity contribution is 0.239. The molecule has 2 aliphatic carbocycles. The minimum Gasteiger partial charge on any atom is -0.359 e. The number of amidine groups is 1.